The molecule has 0 bridgehead atoms. The van der Waals surface area contributed by atoms with Crippen molar-refractivity contribution in [1.82, 2.24) is 0 Å². The number of hydrogen-bond acceptors (Lipinski definition) is 1. The maximum atomic E-state index is 16.5. The molecule has 0 fully saturated rings. The van der Waals surface area contributed by atoms with Crippen LogP contribution in [-0.2, 0) is 4.57 Å². The molecule has 0 radical (unpaired) electrons. The molecular formula is C48H35OP. The maximum absolute atomic E-state index is 16.5. The first-order valence-electron chi connectivity index (χ1n) is 17.2. The number of rotatable bonds is 5. The zero-order valence-corrected chi connectivity index (χ0v) is 29.0. The Bertz CT molecular complexity index is 2640. The molecule has 0 aliphatic rings. The first kappa shape index (κ1) is 30.3. The summed E-state index contributed by atoms with van der Waals surface area (Å²) in [7, 11) is -3.40. The highest BCUT2D eigenvalue weighted by Crippen LogP contribution is 2.49. The number of hydrogen-bond donors (Lipinski definition) is 0. The molecule has 0 aliphatic carbocycles. The minimum Gasteiger partial charge on any atom is -0.309 e. The molecule has 0 saturated carbocycles. The lowest BCUT2D eigenvalue weighted by Crippen LogP contribution is -2.26. The number of aryl methyl sites for hydroxylation is 2. The van der Waals surface area contributed by atoms with Gasteiger partial charge in [-0.1, -0.05) is 164 Å². The Morgan fingerprint density at radius 3 is 1.00 bits per heavy atom. The Morgan fingerprint density at radius 2 is 0.600 bits per heavy atom. The summed E-state index contributed by atoms with van der Waals surface area (Å²) in [6.45, 7) is 4.33. The molecule has 0 heterocycles. The van der Waals surface area contributed by atoms with Crippen molar-refractivity contribution in [3.05, 3.63) is 187 Å². The second-order valence-corrected chi connectivity index (χ2v) is 16.0. The lowest BCUT2D eigenvalue weighted by Gasteiger charge is -2.25. The van der Waals surface area contributed by atoms with Gasteiger partial charge in [0.25, 0.3) is 0 Å². The molecule has 1 nitrogen and oxygen atoms in total. The van der Waals surface area contributed by atoms with Crippen molar-refractivity contribution < 1.29 is 4.57 Å². The monoisotopic (exact) mass is 658 g/mol. The van der Waals surface area contributed by atoms with Crippen LogP contribution < -0.4 is 15.9 Å². The van der Waals surface area contributed by atoms with Crippen LogP contribution in [0.1, 0.15) is 11.1 Å². The minimum atomic E-state index is -3.40. The largest absolute Gasteiger partial charge is 0.309 e. The van der Waals surface area contributed by atoms with E-state index in [1.54, 1.807) is 0 Å². The molecule has 9 aromatic carbocycles. The zero-order valence-electron chi connectivity index (χ0n) is 28.1. The summed E-state index contributed by atoms with van der Waals surface area (Å²) in [5.41, 5.74) is 7.17. The second kappa shape index (κ2) is 12.0. The molecule has 238 valence electrons. The summed E-state index contributed by atoms with van der Waals surface area (Å²) in [6.07, 6.45) is 0. The Morgan fingerprint density at radius 1 is 0.300 bits per heavy atom. The third-order valence-electron chi connectivity index (χ3n) is 10.5. The first-order chi connectivity index (χ1) is 24.5. The highest BCUT2D eigenvalue weighted by molar-refractivity contribution is 7.86. The fraction of sp³-hybridized carbons (Fsp3) is 0.0417. The third-order valence-corrected chi connectivity index (χ3v) is 13.6. The molecule has 0 amide bonds. The highest BCUT2D eigenvalue weighted by atomic mass is 31.2. The van der Waals surface area contributed by atoms with Crippen LogP contribution in [-0.4, -0.2) is 0 Å². The molecule has 0 aromatic heterocycles. The van der Waals surface area contributed by atoms with E-state index in [1.165, 1.54) is 43.8 Å². The van der Waals surface area contributed by atoms with Crippen molar-refractivity contribution in [2.75, 3.05) is 0 Å². The lowest BCUT2D eigenvalue weighted by atomic mass is 9.92. The van der Waals surface area contributed by atoms with E-state index in [0.29, 0.717) is 0 Å². The molecule has 50 heavy (non-hydrogen) atoms. The van der Waals surface area contributed by atoms with Gasteiger partial charge in [-0.15, -0.1) is 0 Å². The summed E-state index contributed by atoms with van der Waals surface area (Å²) >= 11 is 0. The average molecular weight is 659 g/mol. The van der Waals surface area contributed by atoms with Crippen LogP contribution in [0.3, 0.4) is 0 Å². The van der Waals surface area contributed by atoms with Crippen molar-refractivity contribution in [1.29, 1.82) is 0 Å². The molecule has 0 N–H and O–H groups in total. The topological polar surface area (TPSA) is 17.1 Å². The van der Waals surface area contributed by atoms with Gasteiger partial charge in [0, 0.05) is 15.9 Å². The first-order valence-corrected chi connectivity index (χ1v) is 18.9. The molecule has 0 unspecified atom stereocenters. The van der Waals surface area contributed by atoms with Crippen molar-refractivity contribution in [3.63, 3.8) is 0 Å². The standard InChI is InChI=1S/C48H35OP/c1-32-24-26-41(37-18-8-6-16-35(32)37)43-28-30-47(45-22-12-10-20-39(43)45)50(49,34-14-4-3-5-15-34)48-31-29-44(40-21-11-13-23-46(40)48)42-27-25-33(2)36-17-7-9-19-38(36)42/h3-31H,1-2H3. The molecule has 0 atom stereocenters. The van der Waals surface area contributed by atoms with Gasteiger partial charge in [0.2, 0.25) is 0 Å². The molecule has 9 aromatic rings. The van der Waals surface area contributed by atoms with Crippen LogP contribution in [0, 0.1) is 13.8 Å². The van der Waals surface area contributed by atoms with E-state index in [2.05, 4.69) is 159 Å². The van der Waals surface area contributed by atoms with E-state index in [4.69, 9.17) is 0 Å². The van der Waals surface area contributed by atoms with Crippen LogP contribution in [0.5, 0.6) is 0 Å². The predicted molar refractivity (Wildman–Crippen MR) is 216 cm³/mol. The molecule has 0 spiro atoms. The van der Waals surface area contributed by atoms with Gasteiger partial charge >= 0.3 is 0 Å². The van der Waals surface area contributed by atoms with E-state index in [-0.39, 0.29) is 0 Å². The summed E-state index contributed by atoms with van der Waals surface area (Å²) in [4.78, 5) is 0. The fourth-order valence-electron chi connectivity index (χ4n) is 8.00. The van der Waals surface area contributed by atoms with Gasteiger partial charge in [-0.2, -0.15) is 0 Å². The van der Waals surface area contributed by atoms with Gasteiger partial charge in [0.05, 0.1) is 0 Å². The molecule has 2 heteroatoms. The van der Waals surface area contributed by atoms with E-state index in [0.717, 1.165) is 48.6 Å². The van der Waals surface area contributed by atoms with Gasteiger partial charge in [-0.3, -0.25) is 0 Å². The number of fused-ring (bicyclic) bond motifs is 4. The molecular weight excluding hydrogens is 624 g/mol. The fourth-order valence-corrected chi connectivity index (χ4v) is 11.0. The normalized spacial score (nSPS) is 11.9. The quantitative estimate of drug-likeness (QED) is 0.168. The van der Waals surface area contributed by atoms with Crippen LogP contribution in [0.25, 0.3) is 65.3 Å². The average Bonchev–Trinajstić information content (AvgIpc) is 3.18. The molecule has 9 rings (SSSR count). The Kier molecular flexibility index (Phi) is 7.27. The van der Waals surface area contributed by atoms with E-state index in [1.807, 2.05) is 30.3 Å². The SMILES string of the molecule is Cc1ccc(-c2ccc(P(=O)(c3ccccc3)c3ccc(-c4ccc(C)c5ccccc45)c4ccccc34)c3ccccc23)c2ccccc12. The van der Waals surface area contributed by atoms with Gasteiger partial charge in [0.15, 0.2) is 7.14 Å². The zero-order chi connectivity index (χ0) is 33.8. The van der Waals surface area contributed by atoms with Gasteiger partial charge in [-0.25, -0.2) is 0 Å². The van der Waals surface area contributed by atoms with E-state index < -0.39 is 7.14 Å². The van der Waals surface area contributed by atoms with E-state index >= 15 is 4.57 Å². The van der Waals surface area contributed by atoms with Crippen molar-refractivity contribution in [3.8, 4) is 22.3 Å². The van der Waals surface area contributed by atoms with Crippen LogP contribution in [0.2, 0.25) is 0 Å². The predicted octanol–water partition coefficient (Wildman–Crippen LogP) is 11.9. The van der Waals surface area contributed by atoms with Gasteiger partial charge in [-0.05, 0) is 102 Å². The highest BCUT2D eigenvalue weighted by Gasteiger charge is 2.34. The molecule has 0 saturated heterocycles. The second-order valence-electron chi connectivity index (χ2n) is 13.3. The van der Waals surface area contributed by atoms with Crippen molar-refractivity contribution in [2.24, 2.45) is 0 Å². The smallest absolute Gasteiger partial charge is 0.172 e. The summed E-state index contributed by atoms with van der Waals surface area (Å²) in [5.74, 6) is 0. The third kappa shape index (κ3) is 4.66. The molecule has 0 aliphatic heterocycles. The Labute approximate surface area is 292 Å². The maximum Gasteiger partial charge on any atom is 0.172 e. The van der Waals surface area contributed by atoms with Crippen molar-refractivity contribution in [2.45, 2.75) is 13.8 Å². The summed E-state index contributed by atoms with van der Waals surface area (Å²) in [5, 5.41) is 11.7. The Hall–Kier alpha value is -5.75. The van der Waals surface area contributed by atoms with Crippen LogP contribution >= 0.6 is 7.14 Å². The number of benzene rings is 9. The minimum absolute atomic E-state index is 0.831. The van der Waals surface area contributed by atoms with Crippen LogP contribution in [0.4, 0.5) is 0 Å². The lowest BCUT2D eigenvalue weighted by molar-refractivity contribution is 0.593. The summed E-state index contributed by atoms with van der Waals surface area (Å²) < 4.78 is 16.5. The Balaban J connectivity index is 1.33. The summed E-state index contributed by atoms with van der Waals surface area (Å²) in [6, 6.07) is 61.9. The van der Waals surface area contributed by atoms with Gasteiger partial charge in [0.1, 0.15) is 0 Å². The van der Waals surface area contributed by atoms with E-state index in [9.17, 15) is 0 Å². The van der Waals surface area contributed by atoms with Crippen molar-refractivity contribution >= 4 is 66.1 Å². The van der Waals surface area contributed by atoms with Crippen LogP contribution in [0.15, 0.2) is 176 Å². The van der Waals surface area contributed by atoms with Gasteiger partial charge < -0.3 is 4.57 Å².